The molecule has 1 aliphatic heterocycles. The van der Waals surface area contributed by atoms with E-state index in [1.807, 2.05) is 18.2 Å². The molecule has 1 aromatic rings. The Morgan fingerprint density at radius 1 is 1.28 bits per heavy atom. The van der Waals surface area contributed by atoms with Crippen molar-refractivity contribution in [3.63, 3.8) is 0 Å². The highest BCUT2D eigenvalue weighted by molar-refractivity contribution is 14.1. The van der Waals surface area contributed by atoms with Crippen molar-refractivity contribution in [1.82, 2.24) is 0 Å². The van der Waals surface area contributed by atoms with Crippen LogP contribution in [0, 0.1) is 0 Å². The Morgan fingerprint density at radius 2 is 2.06 bits per heavy atom. The van der Waals surface area contributed by atoms with E-state index in [1.54, 1.807) is 7.11 Å². The van der Waals surface area contributed by atoms with Crippen molar-refractivity contribution in [3.05, 3.63) is 35.9 Å². The number of alkyl halides is 1. The van der Waals surface area contributed by atoms with Gasteiger partial charge in [-0.25, -0.2) is 0 Å². The van der Waals surface area contributed by atoms with Crippen LogP contribution in [0.25, 0.3) is 0 Å². The fourth-order valence-corrected chi connectivity index (χ4v) is 2.67. The summed E-state index contributed by atoms with van der Waals surface area (Å²) in [5.74, 6) is 0. The third-order valence-electron chi connectivity index (χ3n) is 3.09. The fourth-order valence-electron chi connectivity index (χ4n) is 2.11. The fraction of sp³-hybridized carbons (Fsp3) is 0.571. The van der Waals surface area contributed by atoms with E-state index in [-0.39, 0.29) is 18.5 Å². The zero-order valence-corrected chi connectivity index (χ0v) is 12.7. The number of benzene rings is 1. The van der Waals surface area contributed by atoms with Crippen LogP contribution in [0.3, 0.4) is 0 Å². The molecule has 0 spiro atoms. The molecule has 4 heteroatoms. The molecule has 0 N–H and O–H groups in total. The second kappa shape index (κ2) is 7.43. The third-order valence-corrected chi connectivity index (χ3v) is 4.07. The first-order valence-corrected chi connectivity index (χ1v) is 7.74. The highest BCUT2D eigenvalue weighted by atomic mass is 127. The van der Waals surface area contributed by atoms with Crippen LogP contribution in [0.1, 0.15) is 18.4 Å². The van der Waals surface area contributed by atoms with Gasteiger partial charge in [-0.15, -0.1) is 0 Å². The molecule has 0 unspecified atom stereocenters. The van der Waals surface area contributed by atoms with Gasteiger partial charge in [0.1, 0.15) is 0 Å². The molecule has 1 aliphatic rings. The van der Waals surface area contributed by atoms with Gasteiger partial charge in [0.2, 0.25) is 0 Å². The van der Waals surface area contributed by atoms with Crippen LogP contribution >= 0.6 is 22.6 Å². The second-order valence-electron chi connectivity index (χ2n) is 4.47. The zero-order chi connectivity index (χ0) is 12.8. The molecule has 18 heavy (non-hydrogen) atoms. The first-order valence-electron chi connectivity index (χ1n) is 6.21. The SMILES string of the molecule is CO[C@@H]1C[C@H](OCc2ccccc2)C[C@@H](CI)O1. The first kappa shape index (κ1) is 14.2. The van der Waals surface area contributed by atoms with Crippen molar-refractivity contribution >= 4 is 22.6 Å². The van der Waals surface area contributed by atoms with Crippen molar-refractivity contribution in [1.29, 1.82) is 0 Å². The molecule has 2 rings (SSSR count). The van der Waals surface area contributed by atoms with E-state index < -0.39 is 0 Å². The first-order chi connectivity index (χ1) is 8.81. The Morgan fingerprint density at radius 3 is 2.72 bits per heavy atom. The average molecular weight is 362 g/mol. The molecule has 0 radical (unpaired) electrons. The van der Waals surface area contributed by atoms with Gasteiger partial charge in [-0.1, -0.05) is 52.9 Å². The van der Waals surface area contributed by atoms with E-state index >= 15 is 0 Å². The summed E-state index contributed by atoms with van der Waals surface area (Å²) in [7, 11) is 1.69. The van der Waals surface area contributed by atoms with Gasteiger partial charge >= 0.3 is 0 Å². The lowest BCUT2D eigenvalue weighted by Crippen LogP contribution is -2.38. The number of hydrogen-bond donors (Lipinski definition) is 0. The molecular formula is C14H19IO3. The summed E-state index contributed by atoms with van der Waals surface area (Å²) < 4.78 is 18.0. The lowest BCUT2D eigenvalue weighted by molar-refractivity contribution is -0.206. The molecule has 0 aromatic heterocycles. The smallest absolute Gasteiger partial charge is 0.160 e. The van der Waals surface area contributed by atoms with Crippen LogP contribution < -0.4 is 0 Å². The van der Waals surface area contributed by atoms with Gasteiger partial charge in [0.25, 0.3) is 0 Å². The Balaban J connectivity index is 1.84. The van der Waals surface area contributed by atoms with Gasteiger partial charge in [-0.3, -0.25) is 0 Å². The van der Waals surface area contributed by atoms with Crippen LogP contribution in [0.4, 0.5) is 0 Å². The molecular weight excluding hydrogens is 343 g/mol. The Kier molecular flexibility index (Phi) is 5.88. The van der Waals surface area contributed by atoms with Crippen LogP contribution in [0.5, 0.6) is 0 Å². The predicted octanol–water partition coefficient (Wildman–Crippen LogP) is 3.16. The minimum Gasteiger partial charge on any atom is -0.373 e. The van der Waals surface area contributed by atoms with Gasteiger partial charge in [0, 0.05) is 24.4 Å². The van der Waals surface area contributed by atoms with Crippen LogP contribution in [-0.2, 0) is 20.8 Å². The molecule has 3 atom stereocenters. The molecule has 1 saturated heterocycles. The molecule has 1 fully saturated rings. The Hall–Kier alpha value is -0.170. The number of methoxy groups -OCH3 is 1. The molecule has 0 aliphatic carbocycles. The summed E-state index contributed by atoms with van der Waals surface area (Å²) >= 11 is 2.35. The van der Waals surface area contributed by atoms with Crippen molar-refractivity contribution < 1.29 is 14.2 Å². The average Bonchev–Trinajstić information content (AvgIpc) is 2.45. The van der Waals surface area contributed by atoms with Gasteiger partial charge in [-0.05, 0) is 5.56 Å². The lowest BCUT2D eigenvalue weighted by atomic mass is 10.1. The molecule has 1 aromatic carbocycles. The van der Waals surface area contributed by atoms with Crippen molar-refractivity contribution in [3.8, 4) is 0 Å². The summed E-state index contributed by atoms with van der Waals surface area (Å²) in [4.78, 5) is 0. The van der Waals surface area contributed by atoms with Crippen molar-refractivity contribution in [2.75, 3.05) is 11.5 Å². The number of ether oxygens (including phenoxy) is 3. The Bertz CT molecular complexity index is 332. The number of halogens is 1. The van der Waals surface area contributed by atoms with E-state index in [4.69, 9.17) is 14.2 Å². The molecule has 100 valence electrons. The van der Waals surface area contributed by atoms with E-state index in [1.165, 1.54) is 5.56 Å². The summed E-state index contributed by atoms with van der Waals surface area (Å²) in [6.07, 6.45) is 2.11. The molecule has 0 bridgehead atoms. The topological polar surface area (TPSA) is 27.7 Å². The zero-order valence-electron chi connectivity index (χ0n) is 10.5. The third kappa shape index (κ3) is 4.19. The number of hydrogen-bond acceptors (Lipinski definition) is 3. The van der Waals surface area contributed by atoms with Crippen LogP contribution in [0.15, 0.2) is 30.3 Å². The molecule has 1 heterocycles. The van der Waals surface area contributed by atoms with Gasteiger partial charge in [-0.2, -0.15) is 0 Å². The van der Waals surface area contributed by atoms with Gasteiger partial charge < -0.3 is 14.2 Å². The van der Waals surface area contributed by atoms with Crippen molar-refractivity contribution in [2.45, 2.75) is 37.9 Å². The summed E-state index contributed by atoms with van der Waals surface area (Å²) in [5.41, 5.74) is 1.21. The summed E-state index contributed by atoms with van der Waals surface area (Å²) in [5, 5.41) is 0. The van der Waals surface area contributed by atoms with E-state index in [0.29, 0.717) is 6.61 Å². The summed E-state index contributed by atoms with van der Waals surface area (Å²) in [6.45, 7) is 0.663. The predicted molar refractivity (Wildman–Crippen MR) is 78.8 cm³/mol. The quantitative estimate of drug-likeness (QED) is 0.595. The minimum absolute atomic E-state index is 0.126. The maximum absolute atomic E-state index is 5.97. The second-order valence-corrected chi connectivity index (χ2v) is 5.35. The standard InChI is InChI=1S/C14H19IO3/c1-16-14-8-12(7-13(9-15)18-14)17-10-11-5-3-2-4-6-11/h2-6,12-14H,7-10H2,1H3/t12-,13+,14+/m1/s1. The van der Waals surface area contributed by atoms with Crippen LogP contribution in [-0.4, -0.2) is 30.0 Å². The Labute approximate surface area is 122 Å². The highest BCUT2D eigenvalue weighted by Crippen LogP contribution is 2.24. The minimum atomic E-state index is -0.126. The van der Waals surface area contributed by atoms with E-state index in [9.17, 15) is 0 Å². The molecule has 0 saturated carbocycles. The highest BCUT2D eigenvalue weighted by Gasteiger charge is 2.29. The van der Waals surface area contributed by atoms with Gasteiger partial charge in [0.05, 0.1) is 18.8 Å². The van der Waals surface area contributed by atoms with E-state index in [2.05, 4.69) is 34.7 Å². The summed E-state index contributed by atoms with van der Waals surface area (Å²) in [6, 6.07) is 10.3. The largest absolute Gasteiger partial charge is 0.373 e. The van der Waals surface area contributed by atoms with Gasteiger partial charge in [0.15, 0.2) is 6.29 Å². The number of rotatable bonds is 5. The molecule has 3 nitrogen and oxygen atoms in total. The van der Waals surface area contributed by atoms with Crippen LogP contribution in [0.2, 0.25) is 0 Å². The maximum Gasteiger partial charge on any atom is 0.160 e. The normalized spacial score (nSPS) is 28.2. The van der Waals surface area contributed by atoms with Crippen molar-refractivity contribution in [2.24, 2.45) is 0 Å². The molecule has 0 amide bonds. The van der Waals surface area contributed by atoms with E-state index in [0.717, 1.165) is 17.3 Å². The monoisotopic (exact) mass is 362 g/mol. The maximum atomic E-state index is 5.97. The lowest BCUT2D eigenvalue weighted by Gasteiger charge is -2.33.